The van der Waals surface area contributed by atoms with Crippen molar-refractivity contribution in [2.75, 3.05) is 11.9 Å². The van der Waals surface area contributed by atoms with Crippen LogP contribution in [0.4, 0.5) is 5.69 Å². The number of fused-ring (bicyclic) bond motifs is 1. The largest absolute Gasteiger partial charge is 0.479 e. The summed E-state index contributed by atoms with van der Waals surface area (Å²) in [4.78, 5) is 25.7. The summed E-state index contributed by atoms with van der Waals surface area (Å²) in [5.41, 5.74) is 1.44. The molecule has 1 aromatic heterocycles. The van der Waals surface area contributed by atoms with Crippen molar-refractivity contribution in [3.63, 3.8) is 0 Å². The first-order valence-corrected chi connectivity index (χ1v) is 8.48. The summed E-state index contributed by atoms with van der Waals surface area (Å²) in [5.74, 6) is 0.0632. The highest BCUT2D eigenvalue weighted by Gasteiger charge is 2.22. The number of para-hydroxylation sites is 1. The summed E-state index contributed by atoms with van der Waals surface area (Å²) in [5, 5.41) is 1.07. The molecule has 3 rings (SSSR count). The monoisotopic (exact) mass is 371 g/mol. The molecule has 2 aromatic carbocycles. The van der Waals surface area contributed by atoms with E-state index < -0.39 is 11.7 Å². The van der Waals surface area contributed by atoms with Crippen LogP contribution in [0.2, 0.25) is 5.02 Å². The number of carbonyl (C=O) groups is 1. The Labute approximate surface area is 155 Å². The maximum absolute atomic E-state index is 12.6. The van der Waals surface area contributed by atoms with Gasteiger partial charge in [0.15, 0.2) is 6.10 Å². The van der Waals surface area contributed by atoms with Crippen LogP contribution in [-0.2, 0) is 4.79 Å². The smallest absolute Gasteiger partial charge is 0.336 e. The molecule has 1 unspecified atom stereocenters. The van der Waals surface area contributed by atoms with Crippen LogP contribution < -0.4 is 15.3 Å². The third-order valence-electron chi connectivity index (χ3n) is 4.13. The topological polar surface area (TPSA) is 59.8 Å². The Bertz CT molecular complexity index is 1010. The van der Waals surface area contributed by atoms with Crippen molar-refractivity contribution in [1.82, 2.24) is 0 Å². The Morgan fingerprint density at radius 3 is 2.58 bits per heavy atom. The maximum atomic E-state index is 12.6. The van der Waals surface area contributed by atoms with Gasteiger partial charge in [-0.1, -0.05) is 29.8 Å². The van der Waals surface area contributed by atoms with E-state index in [2.05, 4.69) is 0 Å². The average molecular weight is 372 g/mol. The van der Waals surface area contributed by atoms with Gasteiger partial charge in [-0.15, -0.1) is 0 Å². The molecular formula is C20H18ClNO4. The van der Waals surface area contributed by atoms with Crippen LogP contribution >= 0.6 is 11.6 Å². The fraction of sp³-hybridized carbons (Fsp3) is 0.200. The summed E-state index contributed by atoms with van der Waals surface area (Å²) < 4.78 is 11.0. The van der Waals surface area contributed by atoms with Crippen LogP contribution in [0.15, 0.2) is 57.7 Å². The lowest BCUT2D eigenvalue weighted by molar-refractivity contribution is -0.124. The van der Waals surface area contributed by atoms with Crippen molar-refractivity contribution in [2.24, 2.45) is 0 Å². The molecule has 0 aliphatic carbocycles. The first-order chi connectivity index (χ1) is 12.4. The van der Waals surface area contributed by atoms with Gasteiger partial charge in [-0.3, -0.25) is 4.79 Å². The third-order valence-corrected chi connectivity index (χ3v) is 4.42. The molecule has 1 amide bonds. The molecule has 0 spiro atoms. The fourth-order valence-electron chi connectivity index (χ4n) is 2.70. The van der Waals surface area contributed by atoms with E-state index in [-0.39, 0.29) is 11.7 Å². The Morgan fingerprint density at radius 2 is 1.88 bits per heavy atom. The van der Waals surface area contributed by atoms with Crippen molar-refractivity contribution in [3.05, 3.63) is 69.5 Å². The predicted molar refractivity (Wildman–Crippen MR) is 102 cm³/mol. The lowest BCUT2D eigenvalue weighted by atomic mass is 10.1. The molecule has 1 heterocycles. The van der Waals surface area contributed by atoms with Gasteiger partial charge in [0.25, 0.3) is 5.91 Å². The number of rotatable bonds is 4. The molecule has 0 aliphatic rings. The molecule has 0 bridgehead atoms. The summed E-state index contributed by atoms with van der Waals surface area (Å²) in [6.07, 6.45) is -0.772. The van der Waals surface area contributed by atoms with E-state index >= 15 is 0 Å². The molecule has 3 aromatic rings. The standard InChI is InChI=1S/C20H18ClNO4/c1-12-9-19(23)26-17-11-18(16(21)10-15(12)17)25-13(2)20(24)22(3)14-7-5-4-6-8-14/h4-11,13H,1-3H3. The summed E-state index contributed by atoms with van der Waals surface area (Å²) in [6.45, 7) is 3.45. The van der Waals surface area contributed by atoms with E-state index in [0.717, 1.165) is 16.6 Å². The number of benzene rings is 2. The summed E-state index contributed by atoms with van der Waals surface area (Å²) in [7, 11) is 1.68. The minimum atomic E-state index is -0.772. The molecule has 0 saturated carbocycles. The molecule has 1 atom stereocenters. The SMILES string of the molecule is Cc1cc(=O)oc2cc(OC(C)C(=O)N(C)c3ccccc3)c(Cl)cc12. The second-order valence-corrected chi connectivity index (χ2v) is 6.43. The van der Waals surface area contributed by atoms with Crippen LogP contribution in [0.1, 0.15) is 12.5 Å². The first-order valence-electron chi connectivity index (χ1n) is 8.10. The minimum Gasteiger partial charge on any atom is -0.479 e. The lowest BCUT2D eigenvalue weighted by Gasteiger charge is -2.22. The van der Waals surface area contributed by atoms with Crippen molar-refractivity contribution in [2.45, 2.75) is 20.0 Å². The predicted octanol–water partition coefficient (Wildman–Crippen LogP) is 4.19. The van der Waals surface area contributed by atoms with E-state index in [1.165, 1.54) is 11.0 Å². The van der Waals surface area contributed by atoms with E-state index in [1.807, 2.05) is 30.3 Å². The molecule has 0 saturated heterocycles. The number of halogens is 1. The van der Waals surface area contributed by atoms with Gasteiger partial charge in [-0.05, 0) is 37.6 Å². The maximum Gasteiger partial charge on any atom is 0.336 e. The lowest BCUT2D eigenvalue weighted by Crippen LogP contribution is -2.38. The van der Waals surface area contributed by atoms with E-state index in [1.54, 1.807) is 33.0 Å². The van der Waals surface area contributed by atoms with Crippen LogP contribution in [0.3, 0.4) is 0 Å². The van der Waals surface area contributed by atoms with Crippen molar-refractivity contribution < 1.29 is 13.9 Å². The average Bonchev–Trinajstić information content (AvgIpc) is 2.62. The number of anilines is 1. The van der Waals surface area contributed by atoms with Gasteiger partial charge >= 0.3 is 5.63 Å². The summed E-state index contributed by atoms with van der Waals surface area (Å²) >= 11 is 6.29. The second kappa shape index (κ2) is 7.22. The zero-order valence-corrected chi connectivity index (χ0v) is 15.4. The molecule has 5 nitrogen and oxygen atoms in total. The van der Waals surface area contributed by atoms with Crippen LogP contribution in [-0.4, -0.2) is 19.1 Å². The van der Waals surface area contributed by atoms with Gasteiger partial charge < -0.3 is 14.1 Å². The number of aryl methyl sites for hydroxylation is 1. The molecule has 0 radical (unpaired) electrons. The van der Waals surface area contributed by atoms with E-state index in [0.29, 0.717) is 10.6 Å². The van der Waals surface area contributed by atoms with Gasteiger partial charge in [0.1, 0.15) is 11.3 Å². The number of likely N-dealkylation sites (N-methyl/N-ethyl adjacent to an activating group) is 1. The highest BCUT2D eigenvalue weighted by molar-refractivity contribution is 6.32. The fourth-order valence-corrected chi connectivity index (χ4v) is 2.91. The number of carbonyl (C=O) groups excluding carboxylic acids is 1. The Hall–Kier alpha value is -2.79. The van der Waals surface area contributed by atoms with Gasteiger partial charge in [0, 0.05) is 30.3 Å². The Balaban J connectivity index is 1.87. The molecule has 0 fully saturated rings. The molecule has 0 N–H and O–H groups in total. The summed E-state index contributed by atoms with van der Waals surface area (Å²) in [6, 6.07) is 13.9. The first kappa shape index (κ1) is 18.0. The highest BCUT2D eigenvalue weighted by atomic mass is 35.5. The number of hydrogen-bond acceptors (Lipinski definition) is 4. The van der Waals surface area contributed by atoms with Gasteiger partial charge in [0.05, 0.1) is 5.02 Å². The normalized spacial score (nSPS) is 12.0. The van der Waals surface area contributed by atoms with Crippen LogP contribution in [0.5, 0.6) is 5.75 Å². The minimum absolute atomic E-state index is 0.224. The van der Waals surface area contributed by atoms with Gasteiger partial charge in [-0.2, -0.15) is 0 Å². The Kier molecular flexibility index (Phi) is 5.00. The van der Waals surface area contributed by atoms with Crippen molar-refractivity contribution >= 4 is 34.2 Å². The number of ether oxygens (including phenoxy) is 1. The highest BCUT2D eigenvalue weighted by Crippen LogP contribution is 2.32. The van der Waals surface area contributed by atoms with Gasteiger partial charge in [0.2, 0.25) is 0 Å². The number of amides is 1. The van der Waals surface area contributed by atoms with Crippen LogP contribution in [0.25, 0.3) is 11.0 Å². The Morgan fingerprint density at radius 1 is 1.19 bits per heavy atom. The van der Waals surface area contributed by atoms with E-state index in [4.69, 9.17) is 20.8 Å². The quantitative estimate of drug-likeness (QED) is 0.645. The molecule has 0 aliphatic heterocycles. The molecule has 6 heteroatoms. The van der Waals surface area contributed by atoms with E-state index in [9.17, 15) is 9.59 Å². The molecule has 134 valence electrons. The van der Waals surface area contributed by atoms with Crippen molar-refractivity contribution in [1.29, 1.82) is 0 Å². The zero-order chi connectivity index (χ0) is 18.8. The third kappa shape index (κ3) is 3.58. The van der Waals surface area contributed by atoms with Crippen molar-refractivity contribution in [3.8, 4) is 5.75 Å². The zero-order valence-electron chi connectivity index (χ0n) is 14.7. The molecular weight excluding hydrogens is 354 g/mol. The van der Waals surface area contributed by atoms with Crippen LogP contribution in [0, 0.1) is 6.92 Å². The van der Waals surface area contributed by atoms with Gasteiger partial charge in [-0.25, -0.2) is 4.79 Å². The second-order valence-electron chi connectivity index (χ2n) is 6.02. The number of nitrogens with zero attached hydrogens (tertiary/aromatic N) is 1. The number of hydrogen-bond donors (Lipinski definition) is 0. The molecule has 26 heavy (non-hydrogen) atoms.